The summed E-state index contributed by atoms with van der Waals surface area (Å²) in [7, 11) is 1.80. The van der Waals surface area contributed by atoms with E-state index in [1.54, 1.807) is 7.05 Å². The van der Waals surface area contributed by atoms with Crippen molar-refractivity contribution in [2.75, 3.05) is 46.4 Å². The maximum atomic E-state index is 5.83. The Morgan fingerprint density at radius 3 is 2.82 bits per heavy atom. The highest BCUT2D eigenvalue weighted by atomic mass is 127. The maximum absolute atomic E-state index is 5.83. The number of morpholine rings is 1. The lowest BCUT2D eigenvalue weighted by Crippen LogP contribution is -2.50. The van der Waals surface area contributed by atoms with E-state index in [9.17, 15) is 0 Å². The van der Waals surface area contributed by atoms with E-state index in [2.05, 4.69) is 46.5 Å². The van der Waals surface area contributed by atoms with Crippen molar-refractivity contribution in [1.82, 2.24) is 15.5 Å². The second-order valence-corrected chi connectivity index (χ2v) is 5.88. The zero-order valence-electron chi connectivity index (χ0n) is 14.5. The summed E-state index contributed by atoms with van der Waals surface area (Å²) < 4.78 is 5.83. The van der Waals surface area contributed by atoms with Crippen LogP contribution in [-0.4, -0.2) is 63.3 Å². The number of nitrogens with one attached hydrogen (secondary N) is 2. The normalized spacial score (nSPS) is 20.2. The zero-order chi connectivity index (χ0) is 15.5. The van der Waals surface area contributed by atoms with Gasteiger partial charge in [-0.15, -0.1) is 24.0 Å². The lowest BCUT2D eigenvalue weighted by atomic mass is 10.2. The van der Waals surface area contributed by atoms with Gasteiger partial charge < -0.3 is 15.4 Å². The lowest BCUT2D eigenvalue weighted by molar-refractivity contribution is -0.0284. The van der Waals surface area contributed by atoms with Crippen LogP contribution in [0.15, 0.2) is 17.1 Å². The molecule has 1 aliphatic rings. The summed E-state index contributed by atoms with van der Waals surface area (Å²) in [6, 6.07) is 0. The van der Waals surface area contributed by atoms with Gasteiger partial charge >= 0.3 is 0 Å². The molecule has 1 rings (SSSR count). The van der Waals surface area contributed by atoms with Gasteiger partial charge in [0.15, 0.2) is 5.96 Å². The van der Waals surface area contributed by atoms with Gasteiger partial charge in [0.1, 0.15) is 0 Å². The van der Waals surface area contributed by atoms with Gasteiger partial charge in [-0.1, -0.05) is 26.0 Å². The SMILES string of the molecule is CC=CCCNC(=NC)NCC1CN(CC(C)C)CCO1.I. The Labute approximate surface area is 153 Å². The topological polar surface area (TPSA) is 48.9 Å². The fourth-order valence-electron chi connectivity index (χ4n) is 2.46. The summed E-state index contributed by atoms with van der Waals surface area (Å²) in [4.78, 5) is 6.73. The Morgan fingerprint density at radius 1 is 1.41 bits per heavy atom. The first-order valence-electron chi connectivity index (χ1n) is 8.05. The summed E-state index contributed by atoms with van der Waals surface area (Å²) in [5.74, 6) is 1.56. The van der Waals surface area contributed by atoms with Gasteiger partial charge in [-0.2, -0.15) is 0 Å². The molecule has 0 aliphatic carbocycles. The van der Waals surface area contributed by atoms with Crippen LogP contribution in [0.4, 0.5) is 0 Å². The minimum Gasteiger partial charge on any atom is -0.374 e. The Morgan fingerprint density at radius 2 is 2.18 bits per heavy atom. The Hall–Kier alpha value is -0.340. The monoisotopic (exact) mass is 424 g/mol. The first kappa shape index (κ1) is 21.7. The van der Waals surface area contributed by atoms with Gasteiger partial charge in [-0.05, 0) is 19.3 Å². The quantitative estimate of drug-likeness (QED) is 0.216. The fraction of sp³-hybridized carbons (Fsp3) is 0.812. The standard InChI is InChI=1S/C16H32N4O.HI/c1-5-6-7-8-18-16(17-4)19-11-15-13-20(9-10-21-15)12-14(2)3;/h5-6,14-15H,7-13H2,1-4H3,(H2,17,18,19);1H. The number of guanidine groups is 1. The fourth-order valence-corrected chi connectivity index (χ4v) is 2.46. The van der Waals surface area contributed by atoms with Crippen LogP contribution in [0.1, 0.15) is 27.2 Å². The molecule has 0 spiro atoms. The molecule has 22 heavy (non-hydrogen) atoms. The number of ether oxygens (including phenoxy) is 1. The third-order valence-corrected chi connectivity index (χ3v) is 3.41. The van der Waals surface area contributed by atoms with Crippen LogP contribution in [0.3, 0.4) is 0 Å². The molecular formula is C16H33IN4O. The molecule has 0 aromatic carbocycles. The molecule has 0 amide bonds. The van der Waals surface area contributed by atoms with E-state index in [4.69, 9.17) is 4.74 Å². The molecule has 1 heterocycles. The zero-order valence-corrected chi connectivity index (χ0v) is 16.8. The highest BCUT2D eigenvalue weighted by molar-refractivity contribution is 14.0. The van der Waals surface area contributed by atoms with E-state index in [1.807, 2.05) is 6.92 Å². The third kappa shape index (κ3) is 9.63. The van der Waals surface area contributed by atoms with Gasteiger partial charge in [-0.3, -0.25) is 9.89 Å². The van der Waals surface area contributed by atoms with Crippen LogP contribution >= 0.6 is 24.0 Å². The van der Waals surface area contributed by atoms with Crippen LogP contribution in [0.5, 0.6) is 0 Å². The van der Waals surface area contributed by atoms with Crippen molar-refractivity contribution in [3.8, 4) is 0 Å². The number of rotatable bonds is 7. The van der Waals surface area contributed by atoms with Crippen molar-refractivity contribution < 1.29 is 4.74 Å². The minimum absolute atomic E-state index is 0. The molecule has 1 fully saturated rings. The lowest BCUT2D eigenvalue weighted by Gasteiger charge is -2.34. The van der Waals surface area contributed by atoms with Gasteiger partial charge in [-0.25, -0.2) is 0 Å². The van der Waals surface area contributed by atoms with Gasteiger partial charge in [0.25, 0.3) is 0 Å². The molecule has 130 valence electrons. The average molecular weight is 424 g/mol. The van der Waals surface area contributed by atoms with Crippen molar-refractivity contribution in [3.63, 3.8) is 0 Å². The third-order valence-electron chi connectivity index (χ3n) is 3.41. The van der Waals surface area contributed by atoms with E-state index in [-0.39, 0.29) is 30.1 Å². The number of aliphatic imine (C=N–C) groups is 1. The predicted molar refractivity (Wildman–Crippen MR) is 105 cm³/mol. The Bertz CT molecular complexity index is 334. The molecule has 0 radical (unpaired) electrons. The summed E-state index contributed by atoms with van der Waals surface area (Å²) in [6.45, 7) is 12.3. The van der Waals surface area contributed by atoms with Crippen molar-refractivity contribution >= 4 is 29.9 Å². The van der Waals surface area contributed by atoms with Crippen LogP contribution in [-0.2, 0) is 4.74 Å². The van der Waals surface area contributed by atoms with Gasteiger partial charge in [0, 0.05) is 39.8 Å². The molecule has 0 bridgehead atoms. The number of allylic oxidation sites excluding steroid dienone is 1. The van der Waals surface area contributed by atoms with Crippen LogP contribution in [0.2, 0.25) is 0 Å². The molecule has 0 saturated carbocycles. The molecule has 1 saturated heterocycles. The molecule has 6 heteroatoms. The van der Waals surface area contributed by atoms with Crippen LogP contribution in [0.25, 0.3) is 0 Å². The van der Waals surface area contributed by atoms with Gasteiger partial charge in [0.05, 0.1) is 12.7 Å². The second-order valence-electron chi connectivity index (χ2n) is 5.88. The summed E-state index contributed by atoms with van der Waals surface area (Å²) in [5, 5.41) is 6.66. The highest BCUT2D eigenvalue weighted by Gasteiger charge is 2.20. The number of nitrogens with zero attached hydrogens (tertiary/aromatic N) is 2. The Balaban J connectivity index is 0.00000441. The van der Waals surface area contributed by atoms with Gasteiger partial charge in [0.2, 0.25) is 0 Å². The minimum atomic E-state index is 0. The molecule has 5 nitrogen and oxygen atoms in total. The summed E-state index contributed by atoms with van der Waals surface area (Å²) >= 11 is 0. The maximum Gasteiger partial charge on any atom is 0.191 e. The summed E-state index contributed by atoms with van der Waals surface area (Å²) in [6.07, 6.45) is 5.47. The predicted octanol–water partition coefficient (Wildman–Crippen LogP) is 2.09. The summed E-state index contributed by atoms with van der Waals surface area (Å²) in [5.41, 5.74) is 0. The average Bonchev–Trinajstić information content (AvgIpc) is 2.46. The largest absolute Gasteiger partial charge is 0.374 e. The van der Waals surface area contributed by atoms with E-state index in [0.29, 0.717) is 5.92 Å². The molecule has 2 N–H and O–H groups in total. The molecule has 1 unspecified atom stereocenters. The van der Waals surface area contributed by atoms with Crippen molar-refractivity contribution in [3.05, 3.63) is 12.2 Å². The number of hydrogen-bond acceptors (Lipinski definition) is 3. The first-order valence-corrected chi connectivity index (χ1v) is 8.05. The second kappa shape index (κ2) is 13.1. The number of halogens is 1. The Kier molecular flexibility index (Phi) is 12.9. The molecular weight excluding hydrogens is 391 g/mol. The van der Waals surface area contributed by atoms with E-state index in [0.717, 1.165) is 51.7 Å². The van der Waals surface area contributed by atoms with E-state index >= 15 is 0 Å². The smallest absolute Gasteiger partial charge is 0.191 e. The molecule has 1 atom stereocenters. The van der Waals surface area contributed by atoms with E-state index < -0.39 is 0 Å². The molecule has 1 aliphatic heterocycles. The molecule has 0 aromatic rings. The van der Waals surface area contributed by atoms with Crippen molar-refractivity contribution in [1.29, 1.82) is 0 Å². The van der Waals surface area contributed by atoms with Crippen molar-refractivity contribution in [2.45, 2.75) is 33.3 Å². The highest BCUT2D eigenvalue weighted by Crippen LogP contribution is 2.07. The first-order chi connectivity index (χ1) is 10.2. The van der Waals surface area contributed by atoms with Crippen LogP contribution < -0.4 is 10.6 Å². The number of hydrogen-bond donors (Lipinski definition) is 2. The van der Waals surface area contributed by atoms with Crippen molar-refractivity contribution in [2.24, 2.45) is 10.9 Å². The molecule has 0 aromatic heterocycles. The van der Waals surface area contributed by atoms with E-state index in [1.165, 1.54) is 0 Å². The van der Waals surface area contributed by atoms with Crippen LogP contribution in [0, 0.1) is 5.92 Å².